The SMILES string of the molecule is CC1(C)OB(c2cc(-n3cccn3)ccc2-c2ccccc2-c2cc(-c3ccccc3-c3ccc(-n4cccn4)cc3B3OC(C)(C)C(C)(C)O3)cc(-c3ccccc3-c3ccc(-n4cccn4)cc3B3OC(C)(C)C(C)(C)O3)c2)OC1(C)C. The van der Waals surface area contributed by atoms with E-state index in [0.717, 1.165) is 100 Å². The lowest BCUT2D eigenvalue weighted by Crippen LogP contribution is -2.41. The van der Waals surface area contributed by atoms with E-state index in [1.807, 2.05) is 50.8 Å². The molecule has 3 aromatic heterocycles. The van der Waals surface area contributed by atoms with Crippen molar-refractivity contribution in [1.82, 2.24) is 29.3 Å². The quantitative estimate of drug-likeness (QED) is 0.111. The third-order valence-corrected chi connectivity index (χ3v) is 18.5. The van der Waals surface area contributed by atoms with Gasteiger partial charge in [0.2, 0.25) is 0 Å². The van der Waals surface area contributed by atoms with Crippen molar-refractivity contribution in [2.45, 2.75) is 117 Å². The van der Waals surface area contributed by atoms with Crippen LogP contribution in [0.15, 0.2) is 201 Å². The van der Waals surface area contributed by atoms with Crippen LogP contribution in [0, 0.1) is 0 Å². The molecule has 0 unspecified atom stereocenters. The third kappa shape index (κ3) is 9.70. The summed E-state index contributed by atoms with van der Waals surface area (Å²) in [5.41, 5.74) is 14.1. The number of nitrogens with zero attached hydrogens (tertiary/aromatic N) is 6. The minimum atomic E-state index is -0.662. The first-order chi connectivity index (χ1) is 40.1. The molecule has 13 rings (SSSR count). The Kier molecular flexibility index (Phi) is 13.5. The standard InChI is InChI=1S/C69H69B3N6O6/c1-64(2)65(3,4)80-70(79-64)61-43-49(76-37-19-34-73-76)28-31-58(61)55-25-16-13-22-52(55)46-40-47(53-23-14-17-26-56(53)59-32-29-50(77-38-20-35-74-77)44-62(59)71-81-66(5,6)67(7,8)82-71)42-48(41-46)54-24-15-18-27-57(54)60-33-30-51(78-39-21-36-75-78)45-63(60)72-83-68(9,10)69(11,12)84-72/h13-45H,1-12H3. The molecular weight excluding hydrogens is 1040 g/mol. The number of rotatable bonds is 12. The van der Waals surface area contributed by atoms with Gasteiger partial charge in [-0.15, -0.1) is 0 Å². The summed E-state index contributed by atoms with van der Waals surface area (Å²) >= 11 is 0. The Balaban J connectivity index is 1.04. The highest BCUT2D eigenvalue weighted by Gasteiger charge is 2.55. The Morgan fingerprint density at radius 3 is 0.738 bits per heavy atom. The monoisotopic (exact) mass is 1110 g/mol. The van der Waals surface area contributed by atoms with Gasteiger partial charge in [0.1, 0.15) is 0 Å². The van der Waals surface area contributed by atoms with Crippen LogP contribution >= 0.6 is 0 Å². The summed E-state index contributed by atoms with van der Waals surface area (Å²) in [4.78, 5) is 0. The molecule has 0 amide bonds. The highest BCUT2D eigenvalue weighted by Crippen LogP contribution is 2.46. The largest absolute Gasteiger partial charge is 0.495 e. The normalized spacial score (nSPS) is 18.2. The van der Waals surface area contributed by atoms with Gasteiger partial charge in [0, 0.05) is 37.2 Å². The molecular formula is C69H69B3N6O6. The molecule has 0 saturated carbocycles. The van der Waals surface area contributed by atoms with Crippen molar-refractivity contribution in [3.63, 3.8) is 0 Å². The number of hydrogen-bond acceptors (Lipinski definition) is 9. The molecule has 0 radical (unpaired) electrons. The fourth-order valence-electron chi connectivity index (χ4n) is 11.6. The van der Waals surface area contributed by atoms with E-state index in [0.29, 0.717) is 0 Å². The van der Waals surface area contributed by atoms with Crippen molar-refractivity contribution in [1.29, 1.82) is 0 Å². The van der Waals surface area contributed by atoms with Crippen LogP contribution in [0.25, 0.3) is 83.8 Å². The highest BCUT2D eigenvalue weighted by molar-refractivity contribution is 6.65. The van der Waals surface area contributed by atoms with Crippen LogP contribution in [0.1, 0.15) is 83.1 Å². The molecule has 3 saturated heterocycles. The Morgan fingerprint density at radius 2 is 0.512 bits per heavy atom. The van der Waals surface area contributed by atoms with E-state index >= 15 is 0 Å². The molecule has 0 atom stereocenters. The van der Waals surface area contributed by atoms with Gasteiger partial charge in [-0.3, -0.25) is 0 Å². The summed E-state index contributed by atoms with van der Waals surface area (Å²) < 4.78 is 47.0. The molecule has 7 aromatic carbocycles. The van der Waals surface area contributed by atoms with Crippen LogP contribution in [-0.2, 0) is 27.9 Å². The lowest BCUT2D eigenvalue weighted by Gasteiger charge is -2.32. The Bertz CT molecular complexity index is 3620. The Morgan fingerprint density at radius 1 is 0.274 bits per heavy atom. The molecule has 3 aliphatic rings. The van der Waals surface area contributed by atoms with Gasteiger partial charge >= 0.3 is 21.4 Å². The highest BCUT2D eigenvalue weighted by atomic mass is 16.7. The lowest BCUT2D eigenvalue weighted by molar-refractivity contribution is 0.00578. The summed E-state index contributed by atoms with van der Waals surface area (Å²) in [7, 11) is -1.99. The first kappa shape index (κ1) is 55.3. The van der Waals surface area contributed by atoms with Gasteiger partial charge in [-0.25, -0.2) is 14.0 Å². The van der Waals surface area contributed by atoms with Crippen LogP contribution in [0.4, 0.5) is 0 Å². The van der Waals surface area contributed by atoms with Gasteiger partial charge in [0.15, 0.2) is 0 Å². The average Bonchev–Trinajstić information content (AvgIpc) is 1.97. The van der Waals surface area contributed by atoms with E-state index in [1.165, 1.54) is 0 Å². The zero-order valence-electron chi connectivity index (χ0n) is 49.9. The van der Waals surface area contributed by atoms with Gasteiger partial charge in [0.25, 0.3) is 0 Å². The zero-order valence-corrected chi connectivity index (χ0v) is 49.9. The minimum Gasteiger partial charge on any atom is -0.399 e. The molecule has 6 heterocycles. The van der Waals surface area contributed by atoms with Gasteiger partial charge in [0.05, 0.1) is 50.7 Å². The second-order valence-corrected chi connectivity index (χ2v) is 25.4. The second kappa shape index (κ2) is 20.4. The Hall–Kier alpha value is -7.88. The van der Waals surface area contributed by atoms with Crippen LogP contribution in [0.3, 0.4) is 0 Å². The van der Waals surface area contributed by atoms with E-state index < -0.39 is 55.0 Å². The van der Waals surface area contributed by atoms with E-state index in [4.69, 9.17) is 27.9 Å². The molecule has 0 spiro atoms. The zero-order chi connectivity index (χ0) is 58.6. The molecule has 12 nitrogen and oxygen atoms in total. The molecule has 420 valence electrons. The summed E-state index contributed by atoms with van der Waals surface area (Å²) in [6.07, 6.45) is 11.3. The average molecular weight is 1110 g/mol. The van der Waals surface area contributed by atoms with E-state index in [1.54, 1.807) is 18.6 Å². The number of aromatic nitrogens is 6. The van der Waals surface area contributed by atoms with Gasteiger partial charge in [-0.05, 0) is 239 Å². The maximum atomic E-state index is 6.89. The molecule has 15 heteroatoms. The van der Waals surface area contributed by atoms with Crippen molar-refractivity contribution in [3.05, 3.63) is 201 Å². The predicted molar refractivity (Wildman–Crippen MR) is 338 cm³/mol. The molecule has 0 N–H and O–H groups in total. The summed E-state index contributed by atoms with van der Waals surface area (Å²) in [5.74, 6) is 0. The molecule has 3 fully saturated rings. The second-order valence-electron chi connectivity index (χ2n) is 25.4. The van der Waals surface area contributed by atoms with Crippen LogP contribution in [0.2, 0.25) is 0 Å². The Labute approximate surface area is 494 Å². The molecule has 10 aromatic rings. The van der Waals surface area contributed by atoms with Gasteiger partial charge < -0.3 is 27.9 Å². The fraction of sp³-hybridized carbons (Fsp3) is 0.261. The van der Waals surface area contributed by atoms with Crippen molar-refractivity contribution < 1.29 is 27.9 Å². The third-order valence-electron chi connectivity index (χ3n) is 18.5. The predicted octanol–water partition coefficient (Wildman–Crippen LogP) is 13.1. The molecule has 0 bridgehead atoms. The van der Waals surface area contributed by atoms with E-state index in [2.05, 4.69) is 244 Å². The fourth-order valence-corrected chi connectivity index (χ4v) is 11.6. The van der Waals surface area contributed by atoms with E-state index in [-0.39, 0.29) is 0 Å². The van der Waals surface area contributed by atoms with Crippen LogP contribution < -0.4 is 16.4 Å². The smallest absolute Gasteiger partial charge is 0.399 e. The topological polar surface area (TPSA) is 109 Å². The van der Waals surface area contributed by atoms with E-state index in [9.17, 15) is 0 Å². The van der Waals surface area contributed by atoms with Gasteiger partial charge in [-0.1, -0.05) is 91.0 Å². The first-order valence-corrected chi connectivity index (χ1v) is 29.0. The molecule has 0 aliphatic carbocycles. The minimum absolute atomic E-state index is 0.580. The van der Waals surface area contributed by atoms with Crippen molar-refractivity contribution >= 4 is 37.7 Å². The van der Waals surface area contributed by atoms with Crippen molar-refractivity contribution in [2.75, 3.05) is 0 Å². The first-order valence-electron chi connectivity index (χ1n) is 29.0. The van der Waals surface area contributed by atoms with Crippen molar-refractivity contribution in [2.24, 2.45) is 0 Å². The van der Waals surface area contributed by atoms with Gasteiger partial charge in [-0.2, -0.15) is 15.3 Å². The van der Waals surface area contributed by atoms with Crippen LogP contribution in [-0.4, -0.2) is 84.3 Å². The summed E-state index contributed by atoms with van der Waals surface area (Å²) in [5, 5.41) is 13.9. The summed E-state index contributed by atoms with van der Waals surface area (Å²) in [6.45, 7) is 25.2. The molecule has 84 heavy (non-hydrogen) atoms. The lowest BCUT2D eigenvalue weighted by atomic mass is 9.72. The van der Waals surface area contributed by atoms with Crippen molar-refractivity contribution in [3.8, 4) is 83.8 Å². The number of benzene rings is 7. The van der Waals surface area contributed by atoms with Crippen LogP contribution in [0.5, 0.6) is 0 Å². The molecule has 3 aliphatic heterocycles. The number of hydrogen-bond donors (Lipinski definition) is 0. The summed E-state index contributed by atoms with van der Waals surface area (Å²) in [6, 6.07) is 58.1. The maximum absolute atomic E-state index is 6.89. The maximum Gasteiger partial charge on any atom is 0.495 e.